The largest absolute Gasteiger partial charge is 0.507 e. The molecule has 0 fully saturated rings. The van der Waals surface area contributed by atoms with Gasteiger partial charge in [0, 0.05) is 5.56 Å². The third-order valence-electron chi connectivity index (χ3n) is 5.20. The van der Waals surface area contributed by atoms with E-state index in [1.807, 2.05) is 12.1 Å². The summed E-state index contributed by atoms with van der Waals surface area (Å²) >= 11 is 0. The van der Waals surface area contributed by atoms with Gasteiger partial charge < -0.3 is 9.94 Å². The highest BCUT2D eigenvalue weighted by molar-refractivity contribution is 5.72. The van der Waals surface area contributed by atoms with Crippen molar-refractivity contribution < 1.29 is 15.0 Å². The summed E-state index contributed by atoms with van der Waals surface area (Å²) in [7, 11) is 0. The maximum absolute atomic E-state index is 10.6. The Hall–Kier alpha value is -2.56. The van der Waals surface area contributed by atoms with Gasteiger partial charge in [0.2, 0.25) is 0 Å². The molecule has 0 aliphatic rings. The Balaban J connectivity index is 1.96. The monoisotopic (exact) mass is 385 g/mol. The second kappa shape index (κ2) is 9.58. The highest BCUT2D eigenvalue weighted by Crippen LogP contribution is 2.36. The minimum Gasteiger partial charge on any atom is -0.507 e. The number of hydrogen-bond acceptors (Lipinski definition) is 4. The van der Waals surface area contributed by atoms with Crippen LogP contribution in [0.4, 0.5) is 0 Å². The number of aromatic hydroxyl groups is 1. The summed E-state index contributed by atoms with van der Waals surface area (Å²) in [6.45, 7) is 8.68. The predicted octanol–water partition coefficient (Wildman–Crippen LogP) is 6.11. The van der Waals surface area contributed by atoms with Crippen LogP contribution >= 0.6 is 0 Å². The van der Waals surface area contributed by atoms with Gasteiger partial charge in [0.25, 0.3) is 5.09 Å². The molecule has 0 heterocycles. The summed E-state index contributed by atoms with van der Waals surface area (Å²) in [6, 6.07) is 12.3. The van der Waals surface area contributed by atoms with Gasteiger partial charge in [-0.3, -0.25) is 0 Å². The number of hydrogen-bond donors (Lipinski definition) is 1. The second-order valence-corrected chi connectivity index (χ2v) is 8.21. The Morgan fingerprint density at radius 3 is 2.25 bits per heavy atom. The van der Waals surface area contributed by atoms with Crippen molar-refractivity contribution in [3.63, 3.8) is 0 Å². The van der Waals surface area contributed by atoms with Crippen molar-refractivity contribution in [1.29, 1.82) is 0 Å². The summed E-state index contributed by atoms with van der Waals surface area (Å²) in [5.41, 5.74) is 5.34. The molecule has 0 saturated heterocycles. The topological polar surface area (TPSA) is 72.6 Å². The van der Waals surface area contributed by atoms with E-state index in [-0.39, 0.29) is 12.0 Å². The van der Waals surface area contributed by atoms with Crippen LogP contribution in [-0.2, 0) is 10.3 Å². The molecule has 5 nitrogen and oxygen atoms in total. The lowest BCUT2D eigenvalue weighted by Gasteiger charge is -2.26. The average Bonchev–Trinajstić information content (AvgIpc) is 2.59. The van der Waals surface area contributed by atoms with Gasteiger partial charge in [0.1, 0.15) is 5.75 Å². The molecule has 0 radical (unpaired) electrons. The maximum atomic E-state index is 10.6. The molecule has 0 amide bonds. The number of nitrogens with zero attached hydrogens (tertiary/aromatic N) is 1. The molecule has 1 N–H and O–H groups in total. The van der Waals surface area contributed by atoms with Gasteiger partial charge in [-0.1, -0.05) is 74.6 Å². The fourth-order valence-electron chi connectivity index (χ4n) is 3.63. The second-order valence-electron chi connectivity index (χ2n) is 8.21. The minimum atomic E-state index is -0.739. The van der Waals surface area contributed by atoms with Gasteiger partial charge in [-0.05, 0) is 49.3 Å². The van der Waals surface area contributed by atoms with Crippen molar-refractivity contribution in [2.45, 2.75) is 65.2 Å². The molecule has 0 atom stereocenters. The Morgan fingerprint density at radius 1 is 1.00 bits per heavy atom. The van der Waals surface area contributed by atoms with E-state index in [1.165, 1.54) is 11.1 Å². The standard InChI is InChI=1S/C23H31NO4/c1-17-13-18(2)15-19(14-17)21-10-9-20(16-22(21)25)23(3,4)11-7-5-6-8-12-28-24(26)27/h9-10,13-16,25H,5-8,11-12H2,1-4H3. The summed E-state index contributed by atoms with van der Waals surface area (Å²) < 4.78 is 0. The summed E-state index contributed by atoms with van der Waals surface area (Å²) in [5.74, 6) is 0.313. The first-order valence-corrected chi connectivity index (χ1v) is 9.88. The lowest BCUT2D eigenvalue weighted by molar-refractivity contribution is -0.757. The van der Waals surface area contributed by atoms with E-state index < -0.39 is 5.09 Å². The molecule has 0 aliphatic carbocycles. The Kier molecular flexibility index (Phi) is 7.44. The summed E-state index contributed by atoms with van der Waals surface area (Å²) in [4.78, 5) is 14.4. The summed E-state index contributed by atoms with van der Waals surface area (Å²) in [5, 5.41) is 20.0. The van der Waals surface area contributed by atoms with Crippen LogP contribution in [0.15, 0.2) is 36.4 Å². The molecule has 28 heavy (non-hydrogen) atoms. The maximum Gasteiger partial charge on any atom is 0.294 e. The van der Waals surface area contributed by atoms with E-state index in [0.717, 1.165) is 42.4 Å². The fraction of sp³-hybridized carbons (Fsp3) is 0.478. The number of benzene rings is 2. The fourth-order valence-corrected chi connectivity index (χ4v) is 3.63. The first-order chi connectivity index (χ1) is 13.2. The van der Waals surface area contributed by atoms with Gasteiger partial charge >= 0.3 is 0 Å². The predicted molar refractivity (Wildman–Crippen MR) is 112 cm³/mol. The van der Waals surface area contributed by atoms with Gasteiger partial charge in [-0.25, -0.2) is 0 Å². The number of phenols is 1. The molecular formula is C23H31NO4. The molecule has 2 aromatic rings. The quantitative estimate of drug-likeness (QED) is 0.304. The van der Waals surface area contributed by atoms with Crippen molar-refractivity contribution in [3.8, 4) is 16.9 Å². The molecule has 0 saturated carbocycles. The van der Waals surface area contributed by atoms with Gasteiger partial charge in [0.15, 0.2) is 0 Å². The number of aryl methyl sites for hydroxylation is 2. The van der Waals surface area contributed by atoms with E-state index in [1.54, 1.807) is 0 Å². The normalized spacial score (nSPS) is 11.4. The molecule has 152 valence electrons. The van der Waals surface area contributed by atoms with Gasteiger partial charge in [-0.2, -0.15) is 0 Å². The summed E-state index contributed by atoms with van der Waals surface area (Å²) in [6.07, 6.45) is 4.65. The van der Waals surface area contributed by atoms with Crippen LogP contribution in [0.5, 0.6) is 5.75 Å². The van der Waals surface area contributed by atoms with Gasteiger partial charge in [0.05, 0.1) is 6.61 Å². The molecule has 2 rings (SSSR count). The molecular weight excluding hydrogens is 354 g/mol. The van der Waals surface area contributed by atoms with Crippen LogP contribution in [0.2, 0.25) is 0 Å². The Bertz CT molecular complexity index is 794. The van der Waals surface area contributed by atoms with Crippen molar-refractivity contribution >= 4 is 0 Å². The van der Waals surface area contributed by atoms with Crippen LogP contribution in [0.3, 0.4) is 0 Å². The van der Waals surface area contributed by atoms with Crippen LogP contribution < -0.4 is 0 Å². The third kappa shape index (κ3) is 6.25. The zero-order valence-electron chi connectivity index (χ0n) is 17.3. The van der Waals surface area contributed by atoms with Gasteiger partial charge in [-0.15, -0.1) is 10.1 Å². The smallest absolute Gasteiger partial charge is 0.294 e. The first-order valence-electron chi connectivity index (χ1n) is 9.88. The molecule has 0 aliphatic heterocycles. The average molecular weight is 386 g/mol. The van der Waals surface area contributed by atoms with Crippen molar-refractivity contribution in [2.75, 3.05) is 6.61 Å². The highest BCUT2D eigenvalue weighted by atomic mass is 16.9. The van der Waals surface area contributed by atoms with E-state index in [2.05, 4.69) is 56.8 Å². The first kappa shape index (κ1) is 21.7. The molecule has 0 bridgehead atoms. The number of phenolic OH excluding ortho intramolecular Hbond substituents is 1. The van der Waals surface area contributed by atoms with Crippen molar-refractivity contribution in [3.05, 3.63) is 63.2 Å². The minimum absolute atomic E-state index is 0.0458. The number of rotatable bonds is 10. The van der Waals surface area contributed by atoms with Crippen molar-refractivity contribution in [1.82, 2.24) is 0 Å². The van der Waals surface area contributed by atoms with Crippen LogP contribution in [0.25, 0.3) is 11.1 Å². The molecule has 2 aromatic carbocycles. The van der Waals surface area contributed by atoms with E-state index in [0.29, 0.717) is 12.2 Å². The zero-order chi connectivity index (χ0) is 20.7. The SMILES string of the molecule is Cc1cc(C)cc(-c2ccc(C(C)(C)CCCCCCO[N+](=O)[O-])cc2O)c1. The third-order valence-corrected chi connectivity index (χ3v) is 5.20. The van der Waals surface area contributed by atoms with Crippen LogP contribution in [-0.4, -0.2) is 16.8 Å². The molecule has 5 heteroatoms. The Labute approximate surface area is 167 Å². The van der Waals surface area contributed by atoms with E-state index in [9.17, 15) is 15.2 Å². The molecule has 0 aromatic heterocycles. The van der Waals surface area contributed by atoms with Crippen LogP contribution in [0, 0.1) is 24.0 Å². The van der Waals surface area contributed by atoms with Crippen LogP contribution in [0.1, 0.15) is 62.6 Å². The Morgan fingerprint density at radius 2 is 1.64 bits per heavy atom. The lowest BCUT2D eigenvalue weighted by atomic mass is 9.79. The molecule has 0 spiro atoms. The lowest BCUT2D eigenvalue weighted by Crippen LogP contribution is -2.17. The van der Waals surface area contributed by atoms with Crippen molar-refractivity contribution in [2.24, 2.45) is 0 Å². The highest BCUT2D eigenvalue weighted by Gasteiger charge is 2.21. The number of unbranched alkanes of at least 4 members (excludes halogenated alkanes) is 3. The zero-order valence-corrected chi connectivity index (χ0v) is 17.3. The van der Waals surface area contributed by atoms with E-state index >= 15 is 0 Å². The molecule has 0 unspecified atom stereocenters. The van der Waals surface area contributed by atoms with E-state index in [4.69, 9.17) is 0 Å².